The fraction of sp³-hybridized carbons (Fsp3) is 0.391. The first kappa shape index (κ1) is 27.6. The van der Waals surface area contributed by atoms with Gasteiger partial charge in [0, 0.05) is 32.2 Å². The highest BCUT2D eigenvalue weighted by atomic mass is 35.5. The van der Waals surface area contributed by atoms with Crippen LogP contribution in [-0.2, 0) is 26.3 Å². The number of carbonyl (C=O) groups excluding carboxylic acids is 2. The van der Waals surface area contributed by atoms with Gasteiger partial charge in [-0.05, 0) is 55.3 Å². The van der Waals surface area contributed by atoms with Crippen LogP contribution in [0.2, 0.25) is 5.02 Å². The van der Waals surface area contributed by atoms with Gasteiger partial charge in [-0.3, -0.25) is 9.59 Å². The molecule has 186 valence electrons. The monoisotopic (exact) mass is 512 g/mol. The first-order chi connectivity index (χ1) is 16.0. The summed E-state index contributed by atoms with van der Waals surface area (Å²) >= 11 is 6.08. The number of halogens is 2. The maximum atomic E-state index is 13.5. The molecule has 0 aromatic heterocycles. The summed E-state index contributed by atoms with van der Waals surface area (Å²) in [5, 5.41) is 3.23. The van der Waals surface area contributed by atoms with Crippen molar-refractivity contribution in [1.82, 2.24) is 14.5 Å². The van der Waals surface area contributed by atoms with Crippen LogP contribution in [0.5, 0.6) is 0 Å². The molecule has 0 spiro atoms. The van der Waals surface area contributed by atoms with Gasteiger partial charge in [0.2, 0.25) is 11.8 Å². The van der Waals surface area contributed by atoms with Gasteiger partial charge in [0.05, 0.1) is 5.69 Å². The van der Waals surface area contributed by atoms with Gasteiger partial charge in [0.25, 0.3) is 0 Å². The predicted molar refractivity (Wildman–Crippen MR) is 131 cm³/mol. The Bertz CT molecular complexity index is 1100. The maximum absolute atomic E-state index is 13.5. The Balaban J connectivity index is 2.43. The van der Waals surface area contributed by atoms with E-state index in [9.17, 15) is 22.4 Å². The third-order valence-corrected chi connectivity index (χ3v) is 7.15. The van der Waals surface area contributed by atoms with Crippen molar-refractivity contribution in [2.75, 3.05) is 31.5 Å². The zero-order chi connectivity index (χ0) is 25.5. The zero-order valence-electron chi connectivity index (χ0n) is 19.7. The van der Waals surface area contributed by atoms with Gasteiger partial charge >= 0.3 is 10.2 Å². The topological polar surface area (TPSA) is 90.0 Å². The first-order valence-corrected chi connectivity index (χ1v) is 12.5. The van der Waals surface area contributed by atoms with Crippen molar-refractivity contribution in [3.05, 3.63) is 64.9 Å². The summed E-state index contributed by atoms with van der Waals surface area (Å²) in [7, 11) is -1.43. The highest BCUT2D eigenvalue weighted by Crippen LogP contribution is 2.21. The van der Waals surface area contributed by atoms with Gasteiger partial charge in [-0.25, -0.2) is 8.70 Å². The molecule has 8 nitrogen and oxygen atoms in total. The Kier molecular flexibility index (Phi) is 9.84. The Morgan fingerprint density at radius 3 is 2.32 bits per heavy atom. The minimum absolute atomic E-state index is 0.0410. The summed E-state index contributed by atoms with van der Waals surface area (Å²) in [4.78, 5) is 27.5. The normalized spacial score (nSPS) is 12.3. The molecular formula is C23H30ClFN4O4S. The molecule has 0 aliphatic rings. The number of benzene rings is 2. The fourth-order valence-electron chi connectivity index (χ4n) is 3.13. The molecule has 0 bridgehead atoms. The lowest BCUT2D eigenvalue weighted by Gasteiger charge is -2.32. The van der Waals surface area contributed by atoms with E-state index in [4.69, 9.17) is 11.6 Å². The number of nitrogens with one attached hydrogen (secondary N) is 1. The second-order valence-corrected chi connectivity index (χ2v) is 10.4. The molecule has 0 aliphatic carbocycles. The highest BCUT2D eigenvalue weighted by molar-refractivity contribution is 7.90. The maximum Gasteiger partial charge on any atom is 0.304 e. The molecule has 2 amide bonds. The van der Waals surface area contributed by atoms with E-state index < -0.39 is 34.5 Å². The van der Waals surface area contributed by atoms with Crippen molar-refractivity contribution < 1.29 is 22.4 Å². The second-order valence-electron chi connectivity index (χ2n) is 7.89. The van der Waals surface area contributed by atoms with Crippen molar-refractivity contribution >= 4 is 39.3 Å². The van der Waals surface area contributed by atoms with Crippen molar-refractivity contribution in [3.63, 3.8) is 0 Å². The van der Waals surface area contributed by atoms with Gasteiger partial charge in [0.15, 0.2) is 0 Å². The molecule has 0 radical (unpaired) electrons. The summed E-state index contributed by atoms with van der Waals surface area (Å²) in [5.41, 5.74) is 0.800. The van der Waals surface area contributed by atoms with Crippen molar-refractivity contribution in [2.24, 2.45) is 0 Å². The third-order valence-electron chi connectivity index (χ3n) is 5.09. The lowest BCUT2D eigenvalue weighted by Crippen LogP contribution is -2.52. The van der Waals surface area contributed by atoms with Crippen LogP contribution in [0.4, 0.5) is 10.1 Å². The average Bonchev–Trinajstić information content (AvgIpc) is 2.79. The molecule has 2 rings (SSSR count). The predicted octanol–water partition coefficient (Wildman–Crippen LogP) is 3.04. The third kappa shape index (κ3) is 7.15. The summed E-state index contributed by atoms with van der Waals surface area (Å²) in [6, 6.07) is 10.8. The largest absolute Gasteiger partial charge is 0.354 e. The molecular weight excluding hydrogens is 483 g/mol. The Hall–Kier alpha value is -2.69. The van der Waals surface area contributed by atoms with Crippen LogP contribution in [0.1, 0.15) is 25.8 Å². The molecule has 0 saturated carbocycles. The summed E-state index contributed by atoms with van der Waals surface area (Å²) < 4.78 is 41.3. The van der Waals surface area contributed by atoms with E-state index in [-0.39, 0.29) is 18.1 Å². The number of nitrogens with zero attached hydrogens (tertiary/aromatic N) is 3. The molecule has 1 atom stereocenters. The van der Waals surface area contributed by atoms with E-state index in [0.29, 0.717) is 17.1 Å². The second kappa shape index (κ2) is 12.1. The minimum Gasteiger partial charge on any atom is -0.354 e. The first-order valence-electron chi connectivity index (χ1n) is 10.7. The number of carbonyl (C=O) groups is 2. The van der Waals surface area contributed by atoms with Gasteiger partial charge in [0.1, 0.15) is 18.4 Å². The van der Waals surface area contributed by atoms with Gasteiger partial charge in [-0.1, -0.05) is 30.7 Å². The van der Waals surface area contributed by atoms with Crippen molar-refractivity contribution in [3.8, 4) is 0 Å². The lowest BCUT2D eigenvalue weighted by atomic mass is 10.1. The van der Waals surface area contributed by atoms with E-state index >= 15 is 0 Å². The molecule has 0 aliphatic heterocycles. The van der Waals surface area contributed by atoms with Crippen LogP contribution in [0.3, 0.4) is 0 Å². The van der Waals surface area contributed by atoms with Crippen LogP contribution in [0, 0.1) is 5.82 Å². The minimum atomic E-state index is -4.10. The summed E-state index contributed by atoms with van der Waals surface area (Å²) in [5.74, 6) is -1.50. The highest BCUT2D eigenvalue weighted by Gasteiger charge is 2.32. The van der Waals surface area contributed by atoms with Crippen LogP contribution >= 0.6 is 11.6 Å². The lowest BCUT2D eigenvalue weighted by molar-refractivity contribution is -0.139. The van der Waals surface area contributed by atoms with Crippen LogP contribution < -0.4 is 9.62 Å². The average molecular weight is 513 g/mol. The Morgan fingerprint density at radius 2 is 1.76 bits per heavy atom. The SMILES string of the molecule is CCCNC(=O)[C@H](C)N(Cc1cccc(Cl)c1)C(=O)CN(c1ccc(F)cc1)S(=O)(=O)N(C)C. The number of amides is 2. The molecule has 0 saturated heterocycles. The fourth-order valence-corrected chi connectivity index (χ4v) is 4.40. The van der Waals surface area contributed by atoms with Crippen LogP contribution in [0.25, 0.3) is 0 Å². The van der Waals surface area contributed by atoms with Gasteiger partial charge in [-0.2, -0.15) is 12.7 Å². The van der Waals surface area contributed by atoms with E-state index in [1.807, 2.05) is 6.92 Å². The van der Waals surface area contributed by atoms with Crippen molar-refractivity contribution in [2.45, 2.75) is 32.9 Å². The summed E-state index contributed by atoms with van der Waals surface area (Å²) in [6.07, 6.45) is 0.722. The molecule has 0 fully saturated rings. The molecule has 0 unspecified atom stereocenters. The standard InChI is InChI=1S/C23H30ClFN4O4S/c1-5-13-26-23(31)17(2)28(15-18-7-6-8-19(24)14-18)22(30)16-29(34(32,33)27(3)4)21-11-9-20(25)10-12-21/h6-12,14,17H,5,13,15-16H2,1-4H3,(H,26,31)/t17-/m0/s1. The summed E-state index contributed by atoms with van der Waals surface area (Å²) in [6.45, 7) is 3.39. The van der Waals surface area contributed by atoms with E-state index in [0.717, 1.165) is 27.2 Å². The van der Waals surface area contributed by atoms with E-state index in [2.05, 4.69) is 5.32 Å². The number of rotatable bonds is 11. The molecule has 34 heavy (non-hydrogen) atoms. The number of hydrogen-bond donors (Lipinski definition) is 1. The molecule has 11 heteroatoms. The molecule has 0 heterocycles. The quantitative estimate of drug-likeness (QED) is 0.501. The van der Waals surface area contributed by atoms with E-state index in [1.165, 1.54) is 31.1 Å². The number of anilines is 1. The smallest absolute Gasteiger partial charge is 0.304 e. The zero-order valence-corrected chi connectivity index (χ0v) is 21.2. The molecule has 1 N–H and O–H groups in total. The van der Waals surface area contributed by atoms with Crippen LogP contribution in [0.15, 0.2) is 48.5 Å². The molecule has 2 aromatic carbocycles. The van der Waals surface area contributed by atoms with Gasteiger partial charge < -0.3 is 10.2 Å². The molecule has 2 aromatic rings. The number of hydrogen-bond acceptors (Lipinski definition) is 4. The van der Waals surface area contributed by atoms with Gasteiger partial charge in [-0.15, -0.1) is 0 Å². The Labute approximate surface area is 205 Å². The van der Waals surface area contributed by atoms with Crippen LogP contribution in [-0.4, -0.2) is 62.7 Å². The van der Waals surface area contributed by atoms with E-state index in [1.54, 1.807) is 31.2 Å². The Morgan fingerprint density at radius 1 is 1.12 bits per heavy atom. The van der Waals surface area contributed by atoms with Crippen molar-refractivity contribution in [1.29, 1.82) is 0 Å².